The van der Waals surface area contributed by atoms with Gasteiger partial charge in [0.05, 0.1) is 22.8 Å². The molecule has 34 heavy (non-hydrogen) atoms. The molecule has 10 heteroatoms. The van der Waals surface area contributed by atoms with Gasteiger partial charge >= 0.3 is 6.03 Å². The molecule has 4 rings (SSSR count). The Bertz CT molecular complexity index is 1050. The van der Waals surface area contributed by atoms with E-state index in [4.69, 9.17) is 11.6 Å². The number of fused-ring (bicyclic) bond motifs is 1. The second-order valence-corrected chi connectivity index (χ2v) is 10.4. The number of pyridine rings is 1. The van der Waals surface area contributed by atoms with Crippen LogP contribution in [-0.2, 0) is 12.1 Å². The third-order valence-electron chi connectivity index (χ3n) is 7.00. The fraction of sp³-hybridized carbons (Fsp3) is 0.583. The molecule has 0 aromatic carbocycles. The maximum Gasteiger partial charge on any atom is 0.321 e. The third kappa shape index (κ3) is 4.51. The number of aromatic nitrogens is 3. The molecule has 0 spiro atoms. The lowest BCUT2D eigenvalue weighted by atomic mass is 9.97. The number of halogens is 1. The SMILES string of the molecule is C.CC(C)[C@H]1CN(C)C(C)CN1C(=O)N1Cc2c(NC(=O)c3ccc(Cl)cn3)n[nH]c2C1(C)C. The number of rotatable bonds is 3. The first kappa shape index (κ1) is 26.0. The summed E-state index contributed by atoms with van der Waals surface area (Å²) in [5.41, 5.74) is 1.31. The lowest BCUT2D eigenvalue weighted by Crippen LogP contribution is -2.62. The molecule has 1 fully saturated rings. The molecular formula is C24H36ClN7O2. The van der Waals surface area contributed by atoms with Crippen molar-refractivity contribution < 1.29 is 9.59 Å². The van der Waals surface area contributed by atoms with Crippen molar-refractivity contribution in [3.63, 3.8) is 0 Å². The molecule has 2 atom stereocenters. The molecule has 3 amide bonds. The minimum Gasteiger partial charge on any atom is -0.319 e. The number of urea groups is 1. The summed E-state index contributed by atoms with van der Waals surface area (Å²) in [5.74, 6) is 0.384. The molecule has 2 aromatic rings. The lowest BCUT2D eigenvalue weighted by molar-refractivity contribution is 0.0255. The van der Waals surface area contributed by atoms with Gasteiger partial charge in [-0.1, -0.05) is 32.9 Å². The number of anilines is 1. The van der Waals surface area contributed by atoms with Gasteiger partial charge in [0.1, 0.15) is 5.69 Å². The smallest absolute Gasteiger partial charge is 0.319 e. The Hall–Kier alpha value is -2.65. The van der Waals surface area contributed by atoms with Crippen LogP contribution in [-0.4, -0.2) is 74.0 Å². The van der Waals surface area contributed by atoms with E-state index in [-0.39, 0.29) is 37.1 Å². The van der Waals surface area contributed by atoms with E-state index in [0.717, 1.165) is 17.8 Å². The van der Waals surface area contributed by atoms with Gasteiger partial charge in [0.15, 0.2) is 5.82 Å². The summed E-state index contributed by atoms with van der Waals surface area (Å²) < 4.78 is 0. The van der Waals surface area contributed by atoms with Crippen LogP contribution in [0.4, 0.5) is 10.6 Å². The monoisotopic (exact) mass is 489 g/mol. The quantitative estimate of drug-likeness (QED) is 0.674. The molecule has 2 aromatic heterocycles. The van der Waals surface area contributed by atoms with Crippen molar-refractivity contribution >= 4 is 29.4 Å². The van der Waals surface area contributed by atoms with E-state index in [9.17, 15) is 9.59 Å². The number of likely N-dealkylation sites (N-methyl/N-ethyl adjacent to an activating group) is 1. The molecule has 0 saturated carbocycles. The fourth-order valence-corrected chi connectivity index (χ4v) is 4.80. The highest BCUT2D eigenvalue weighted by Crippen LogP contribution is 2.41. The van der Waals surface area contributed by atoms with Gasteiger partial charge in [-0.3, -0.25) is 14.8 Å². The van der Waals surface area contributed by atoms with Crippen molar-refractivity contribution in [3.05, 3.63) is 40.3 Å². The van der Waals surface area contributed by atoms with Crippen LogP contribution in [0.1, 0.15) is 63.8 Å². The number of piperazine rings is 1. The van der Waals surface area contributed by atoms with Crippen LogP contribution in [0.25, 0.3) is 0 Å². The van der Waals surface area contributed by atoms with Crippen LogP contribution in [0, 0.1) is 5.92 Å². The summed E-state index contributed by atoms with van der Waals surface area (Å²) in [6.45, 7) is 12.4. The number of carbonyl (C=O) groups excluding carboxylic acids is 2. The van der Waals surface area contributed by atoms with Gasteiger partial charge in [-0.2, -0.15) is 5.10 Å². The van der Waals surface area contributed by atoms with Gasteiger partial charge in [-0.25, -0.2) is 9.78 Å². The largest absolute Gasteiger partial charge is 0.321 e. The summed E-state index contributed by atoms with van der Waals surface area (Å²) in [6, 6.07) is 3.62. The second kappa shape index (κ2) is 9.54. The standard InChI is InChI=1S/C23H32ClN7O2.CH4/c1-13(2)18-12-29(6)14(3)10-30(18)22(33)31-11-16-19(23(31,4)5)27-28-20(16)26-21(32)17-8-7-15(24)9-25-17;/h7-9,13-14,18H,10-12H2,1-6H3,(H2,26,27,28,32);1H4/t14?,18-;/m1./s1. The number of nitrogens with one attached hydrogen (secondary N) is 2. The molecule has 1 saturated heterocycles. The molecule has 2 aliphatic rings. The molecule has 0 aliphatic carbocycles. The Morgan fingerprint density at radius 2 is 1.97 bits per heavy atom. The van der Waals surface area contributed by atoms with Gasteiger partial charge in [-0.05, 0) is 45.9 Å². The first-order valence-electron chi connectivity index (χ1n) is 11.3. The average Bonchev–Trinajstić information content (AvgIpc) is 3.27. The molecule has 186 valence electrons. The predicted molar refractivity (Wildman–Crippen MR) is 134 cm³/mol. The summed E-state index contributed by atoms with van der Waals surface area (Å²) in [6.07, 6.45) is 1.43. The van der Waals surface area contributed by atoms with E-state index in [2.05, 4.69) is 53.2 Å². The molecule has 2 aliphatic heterocycles. The van der Waals surface area contributed by atoms with E-state index in [0.29, 0.717) is 29.8 Å². The van der Waals surface area contributed by atoms with E-state index in [1.54, 1.807) is 12.1 Å². The first-order valence-corrected chi connectivity index (χ1v) is 11.7. The summed E-state index contributed by atoms with van der Waals surface area (Å²) >= 11 is 5.87. The van der Waals surface area contributed by atoms with Gasteiger partial charge in [0.2, 0.25) is 0 Å². The zero-order valence-corrected chi connectivity index (χ0v) is 20.8. The maximum atomic E-state index is 13.8. The number of carbonyl (C=O) groups is 2. The number of H-pyrrole nitrogens is 1. The number of amides is 3. The Kier molecular flexibility index (Phi) is 7.28. The molecule has 1 unspecified atom stereocenters. The van der Waals surface area contributed by atoms with Crippen molar-refractivity contribution in [2.45, 2.75) is 66.2 Å². The van der Waals surface area contributed by atoms with Crippen LogP contribution < -0.4 is 5.32 Å². The predicted octanol–water partition coefficient (Wildman–Crippen LogP) is 4.18. The second-order valence-electron chi connectivity index (χ2n) is 9.92. The van der Waals surface area contributed by atoms with Crippen LogP contribution in [0.5, 0.6) is 0 Å². The Morgan fingerprint density at radius 3 is 2.59 bits per heavy atom. The molecule has 0 radical (unpaired) electrons. The van der Waals surface area contributed by atoms with Crippen molar-refractivity contribution in [1.82, 2.24) is 29.9 Å². The van der Waals surface area contributed by atoms with Gasteiger partial charge in [-0.15, -0.1) is 0 Å². The van der Waals surface area contributed by atoms with Crippen molar-refractivity contribution in [2.75, 3.05) is 25.5 Å². The average molecular weight is 490 g/mol. The van der Waals surface area contributed by atoms with Crippen LogP contribution in [0.2, 0.25) is 5.02 Å². The normalized spacial score (nSPS) is 21.9. The maximum absolute atomic E-state index is 13.8. The Labute approximate surface area is 206 Å². The highest BCUT2D eigenvalue weighted by Gasteiger charge is 2.47. The third-order valence-corrected chi connectivity index (χ3v) is 7.22. The lowest BCUT2D eigenvalue weighted by Gasteiger charge is -2.48. The summed E-state index contributed by atoms with van der Waals surface area (Å²) in [4.78, 5) is 36.8. The highest BCUT2D eigenvalue weighted by molar-refractivity contribution is 6.30. The summed E-state index contributed by atoms with van der Waals surface area (Å²) in [5, 5.41) is 10.7. The van der Waals surface area contributed by atoms with E-state index in [1.807, 2.05) is 23.6 Å². The van der Waals surface area contributed by atoms with Crippen LogP contribution in [0.15, 0.2) is 18.3 Å². The minimum absolute atomic E-state index is 0. The number of hydrogen-bond donors (Lipinski definition) is 2. The highest BCUT2D eigenvalue weighted by atomic mass is 35.5. The van der Waals surface area contributed by atoms with Crippen molar-refractivity contribution in [2.24, 2.45) is 5.92 Å². The van der Waals surface area contributed by atoms with Gasteiger partial charge in [0.25, 0.3) is 5.91 Å². The molecule has 0 bridgehead atoms. The minimum atomic E-state index is -0.588. The molecule has 9 nitrogen and oxygen atoms in total. The number of aromatic amines is 1. The molecular weight excluding hydrogens is 454 g/mol. The van der Waals surface area contributed by atoms with Gasteiger partial charge < -0.3 is 15.1 Å². The van der Waals surface area contributed by atoms with Gasteiger partial charge in [0, 0.05) is 36.9 Å². The zero-order valence-electron chi connectivity index (χ0n) is 20.0. The van der Waals surface area contributed by atoms with Crippen molar-refractivity contribution in [1.29, 1.82) is 0 Å². The Morgan fingerprint density at radius 1 is 1.26 bits per heavy atom. The van der Waals surface area contributed by atoms with Crippen LogP contribution >= 0.6 is 11.6 Å². The number of hydrogen-bond acceptors (Lipinski definition) is 5. The first-order chi connectivity index (χ1) is 15.5. The molecule has 2 N–H and O–H groups in total. The molecule has 4 heterocycles. The Balaban J connectivity index is 0.00000324. The topological polar surface area (TPSA) is 97.5 Å². The fourth-order valence-electron chi connectivity index (χ4n) is 4.69. The van der Waals surface area contributed by atoms with Crippen molar-refractivity contribution in [3.8, 4) is 0 Å². The van der Waals surface area contributed by atoms with E-state index < -0.39 is 5.54 Å². The number of nitrogens with zero attached hydrogens (tertiary/aromatic N) is 5. The van der Waals surface area contributed by atoms with E-state index >= 15 is 0 Å². The summed E-state index contributed by atoms with van der Waals surface area (Å²) in [7, 11) is 2.11. The zero-order chi connectivity index (χ0) is 24.1. The van der Waals surface area contributed by atoms with E-state index in [1.165, 1.54) is 6.20 Å². The van der Waals surface area contributed by atoms with Crippen LogP contribution in [0.3, 0.4) is 0 Å².